The molecule has 0 saturated heterocycles. The number of halogens is 1. The molecular formula is C11H11ClO3. The monoisotopic (exact) mass is 226 g/mol. The second-order valence-corrected chi connectivity index (χ2v) is 3.38. The zero-order chi connectivity index (χ0) is 11.4. The summed E-state index contributed by atoms with van der Waals surface area (Å²) >= 11 is 5.95. The molecule has 0 aromatic heterocycles. The molecule has 4 heteroatoms. The Balaban J connectivity index is 3.29. The summed E-state index contributed by atoms with van der Waals surface area (Å²) in [6.45, 7) is 3.71. The molecule has 80 valence electrons. The molecule has 0 N–H and O–H groups in total. The molecule has 15 heavy (non-hydrogen) atoms. The van der Waals surface area contributed by atoms with Crippen LogP contribution in [0.2, 0.25) is 5.02 Å². The number of aryl methyl sites for hydroxylation is 1. The lowest BCUT2D eigenvalue weighted by Gasteiger charge is -2.08. The van der Waals surface area contributed by atoms with E-state index < -0.39 is 5.97 Å². The molecule has 1 rings (SSSR count). The topological polar surface area (TPSA) is 43.4 Å². The van der Waals surface area contributed by atoms with Gasteiger partial charge in [0.25, 0.3) is 0 Å². The molecule has 0 atom stereocenters. The smallest absolute Gasteiger partial charge is 0.340 e. The summed E-state index contributed by atoms with van der Waals surface area (Å²) in [5, 5.41) is 0.276. The van der Waals surface area contributed by atoms with Gasteiger partial charge in [0.2, 0.25) is 0 Å². The van der Waals surface area contributed by atoms with Gasteiger partial charge in [0.05, 0.1) is 17.2 Å². The van der Waals surface area contributed by atoms with Crippen LogP contribution in [0.1, 0.15) is 33.2 Å². The molecule has 0 saturated carbocycles. The van der Waals surface area contributed by atoms with Crippen molar-refractivity contribution in [1.29, 1.82) is 0 Å². The third-order valence-corrected chi connectivity index (χ3v) is 2.46. The van der Waals surface area contributed by atoms with E-state index in [0.29, 0.717) is 6.29 Å². The molecule has 0 spiro atoms. The predicted octanol–water partition coefficient (Wildman–Crippen LogP) is 2.64. The Morgan fingerprint density at radius 2 is 2.20 bits per heavy atom. The molecule has 0 unspecified atom stereocenters. The van der Waals surface area contributed by atoms with Gasteiger partial charge < -0.3 is 4.74 Å². The summed E-state index contributed by atoms with van der Waals surface area (Å²) in [7, 11) is 0. The van der Waals surface area contributed by atoms with Crippen molar-refractivity contribution in [3.8, 4) is 0 Å². The van der Waals surface area contributed by atoms with Gasteiger partial charge in [0.1, 0.15) is 0 Å². The largest absolute Gasteiger partial charge is 0.462 e. The third-order valence-electron chi connectivity index (χ3n) is 1.97. The fourth-order valence-corrected chi connectivity index (χ4v) is 1.45. The minimum atomic E-state index is -0.562. The van der Waals surface area contributed by atoms with Gasteiger partial charge in [-0.25, -0.2) is 4.79 Å². The van der Waals surface area contributed by atoms with E-state index in [1.807, 2.05) is 0 Å². The van der Waals surface area contributed by atoms with E-state index in [2.05, 4.69) is 0 Å². The molecule has 0 bridgehead atoms. The summed E-state index contributed by atoms with van der Waals surface area (Å²) in [5.41, 5.74) is 1.14. The number of hydrogen-bond acceptors (Lipinski definition) is 3. The number of hydrogen-bond donors (Lipinski definition) is 0. The highest BCUT2D eigenvalue weighted by Gasteiger charge is 2.17. The summed E-state index contributed by atoms with van der Waals surface area (Å²) in [6.07, 6.45) is 0.595. The van der Waals surface area contributed by atoms with Gasteiger partial charge >= 0.3 is 5.97 Å². The molecule has 0 amide bonds. The highest BCUT2D eigenvalue weighted by molar-refractivity contribution is 6.35. The Kier molecular flexibility index (Phi) is 3.86. The van der Waals surface area contributed by atoms with Crippen LogP contribution >= 0.6 is 11.6 Å². The van der Waals surface area contributed by atoms with Crippen LogP contribution in [0.3, 0.4) is 0 Å². The number of carbonyl (C=O) groups is 2. The highest BCUT2D eigenvalue weighted by atomic mass is 35.5. The Bertz CT molecular complexity index is 399. The van der Waals surface area contributed by atoms with Crippen molar-refractivity contribution in [2.24, 2.45) is 0 Å². The van der Waals surface area contributed by atoms with E-state index in [1.165, 1.54) is 0 Å². The molecule has 0 aliphatic carbocycles. The van der Waals surface area contributed by atoms with E-state index in [4.69, 9.17) is 16.3 Å². The SMILES string of the molecule is CCOC(=O)c1c(C=O)ccc(C)c1Cl. The number of carbonyl (C=O) groups excluding carboxylic acids is 2. The Hall–Kier alpha value is -1.35. The summed E-state index contributed by atoms with van der Waals surface area (Å²) in [5.74, 6) is -0.562. The molecule has 0 radical (unpaired) electrons. The maximum absolute atomic E-state index is 11.5. The quantitative estimate of drug-likeness (QED) is 0.588. The van der Waals surface area contributed by atoms with E-state index in [0.717, 1.165) is 5.56 Å². The standard InChI is InChI=1S/C11H11ClO3/c1-3-15-11(14)9-8(6-13)5-4-7(2)10(9)12/h4-6H,3H2,1-2H3. The van der Waals surface area contributed by atoms with Crippen LogP contribution in [0.15, 0.2) is 12.1 Å². The number of esters is 1. The number of benzene rings is 1. The lowest BCUT2D eigenvalue weighted by molar-refractivity contribution is 0.0524. The van der Waals surface area contributed by atoms with Gasteiger partial charge in [-0.05, 0) is 19.4 Å². The lowest BCUT2D eigenvalue weighted by atomic mass is 10.1. The molecule has 3 nitrogen and oxygen atoms in total. The first-order valence-electron chi connectivity index (χ1n) is 4.53. The minimum Gasteiger partial charge on any atom is -0.462 e. The van der Waals surface area contributed by atoms with Crippen LogP contribution in [0.4, 0.5) is 0 Å². The van der Waals surface area contributed by atoms with Crippen LogP contribution in [0, 0.1) is 6.92 Å². The summed E-state index contributed by atoms with van der Waals surface area (Å²) < 4.78 is 4.82. The molecule has 0 heterocycles. The van der Waals surface area contributed by atoms with Crippen molar-refractivity contribution in [3.05, 3.63) is 33.8 Å². The van der Waals surface area contributed by atoms with E-state index in [-0.39, 0.29) is 22.8 Å². The van der Waals surface area contributed by atoms with Gasteiger partial charge in [-0.3, -0.25) is 4.79 Å². The van der Waals surface area contributed by atoms with Crippen molar-refractivity contribution in [2.45, 2.75) is 13.8 Å². The second-order valence-electron chi connectivity index (χ2n) is 3.00. The number of rotatable bonds is 3. The molecule has 0 aliphatic heterocycles. The van der Waals surface area contributed by atoms with Crippen LogP contribution in [-0.2, 0) is 4.74 Å². The molecule has 0 fully saturated rings. The fraction of sp³-hybridized carbons (Fsp3) is 0.273. The Morgan fingerprint density at radius 3 is 2.73 bits per heavy atom. The van der Waals surface area contributed by atoms with Crippen LogP contribution in [-0.4, -0.2) is 18.9 Å². The van der Waals surface area contributed by atoms with Crippen molar-refractivity contribution < 1.29 is 14.3 Å². The van der Waals surface area contributed by atoms with Crippen LogP contribution in [0.25, 0.3) is 0 Å². The third kappa shape index (κ3) is 2.36. The first kappa shape index (κ1) is 11.7. The fourth-order valence-electron chi connectivity index (χ4n) is 1.20. The van der Waals surface area contributed by atoms with Gasteiger partial charge in [0.15, 0.2) is 6.29 Å². The average molecular weight is 227 g/mol. The van der Waals surface area contributed by atoms with Gasteiger partial charge in [-0.15, -0.1) is 0 Å². The molecular weight excluding hydrogens is 216 g/mol. The zero-order valence-corrected chi connectivity index (χ0v) is 9.30. The Labute approximate surface area is 93.0 Å². The van der Waals surface area contributed by atoms with Crippen molar-refractivity contribution in [2.75, 3.05) is 6.61 Å². The summed E-state index contributed by atoms with van der Waals surface area (Å²) in [4.78, 5) is 22.3. The van der Waals surface area contributed by atoms with Gasteiger partial charge in [0, 0.05) is 5.56 Å². The van der Waals surface area contributed by atoms with Gasteiger partial charge in [-0.1, -0.05) is 23.7 Å². The number of ether oxygens (including phenoxy) is 1. The van der Waals surface area contributed by atoms with Crippen molar-refractivity contribution in [3.63, 3.8) is 0 Å². The number of aldehydes is 1. The van der Waals surface area contributed by atoms with Crippen LogP contribution < -0.4 is 0 Å². The normalized spacial score (nSPS) is 9.80. The molecule has 1 aromatic rings. The van der Waals surface area contributed by atoms with Gasteiger partial charge in [-0.2, -0.15) is 0 Å². The van der Waals surface area contributed by atoms with E-state index in [1.54, 1.807) is 26.0 Å². The maximum Gasteiger partial charge on any atom is 0.340 e. The summed E-state index contributed by atoms with van der Waals surface area (Å²) in [6, 6.07) is 3.25. The lowest BCUT2D eigenvalue weighted by Crippen LogP contribution is -2.09. The minimum absolute atomic E-state index is 0.147. The average Bonchev–Trinajstić information content (AvgIpc) is 2.22. The van der Waals surface area contributed by atoms with Crippen molar-refractivity contribution >= 4 is 23.9 Å². The van der Waals surface area contributed by atoms with Crippen molar-refractivity contribution in [1.82, 2.24) is 0 Å². The molecule has 1 aromatic carbocycles. The predicted molar refractivity (Wildman–Crippen MR) is 57.5 cm³/mol. The maximum atomic E-state index is 11.5. The van der Waals surface area contributed by atoms with E-state index in [9.17, 15) is 9.59 Å². The first-order chi connectivity index (χ1) is 7.11. The second kappa shape index (κ2) is 4.94. The Morgan fingerprint density at radius 1 is 1.53 bits per heavy atom. The van der Waals surface area contributed by atoms with E-state index >= 15 is 0 Å². The highest BCUT2D eigenvalue weighted by Crippen LogP contribution is 2.24. The zero-order valence-electron chi connectivity index (χ0n) is 8.54. The first-order valence-corrected chi connectivity index (χ1v) is 4.91. The molecule has 0 aliphatic rings. The van der Waals surface area contributed by atoms with Crippen LogP contribution in [0.5, 0.6) is 0 Å².